The number of aliphatic hydroxyl groups excluding tert-OH is 1. The fourth-order valence-electron chi connectivity index (χ4n) is 1.62. The molecule has 4 nitrogen and oxygen atoms in total. The van der Waals surface area contributed by atoms with Crippen LogP contribution in [0.25, 0.3) is 11.1 Å². The van der Waals surface area contributed by atoms with Crippen molar-refractivity contribution in [3.8, 4) is 11.1 Å². The van der Waals surface area contributed by atoms with Gasteiger partial charge in [0.2, 0.25) is 0 Å². The summed E-state index contributed by atoms with van der Waals surface area (Å²) in [4.78, 5) is 7.95. The first-order valence-electron chi connectivity index (χ1n) is 5.03. The van der Waals surface area contributed by atoms with Crippen molar-refractivity contribution >= 4 is 0 Å². The van der Waals surface area contributed by atoms with Crippen LogP contribution in [0.3, 0.4) is 0 Å². The zero-order valence-electron chi connectivity index (χ0n) is 8.74. The number of aliphatic hydroxyl groups is 1. The lowest BCUT2D eigenvalue weighted by Crippen LogP contribution is -2.15. The molecular weight excluding hydrogens is 202 g/mol. The molecule has 0 fully saturated rings. The number of rotatable bonds is 3. The van der Waals surface area contributed by atoms with E-state index in [9.17, 15) is 0 Å². The molecule has 0 saturated heterocycles. The minimum Gasteiger partial charge on any atom is -0.394 e. The van der Waals surface area contributed by atoms with Crippen molar-refractivity contribution in [2.24, 2.45) is 5.73 Å². The van der Waals surface area contributed by atoms with E-state index in [0.29, 0.717) is 0 Å². The normalized spacial score (nSPS) is 12.4. The number of aromatic nitrogens is 2. The van der Waals surface area contributed by atoms with Crippen molar-refractivity contribution in [1.82, 2.24) is 9.97 Å². The van der Waals surface area contributed by atoms with Gasteiger partial charge in [-0.2, -0.15) is 0 Å². The van der Waals surface area contributed by atoms with Gasteiger partial charge in [-0.15, -0.1) is 0 Å². The second-order valence-electron chi connectivity index (χ2n) is 3.50. The van der Waals surface area contributed by atoms with Gasteiger partial charge in [-0.25, -0.2) is 9.97 Å². The molecule has 0 aliphatic rings. The van der Waals surface area contributed by atoms with Crippen LogP contribution in [0.15, 0.2) is 43.0 Å². The molecule has 1 heterocycles. The second-order valence-corrected chi connectivity index (χ2v) is 3.50. The van der Waals surface area contributed by atoms with Crippen molar-refractivity contribution in [2.45, 2.75) is 6.04 Å². The van der Waals surface area contributed by atoms with Crippen LogP contribution in [0.2, 0.25) is 0 Å². The molecule has 0 unspecified atom stereocenters. The standard InChI is InChI=1S/C12H13N3O/c13-12(7-16)11-4-2-1-3-10(11)9-5-14-8-15-6-9/h1-6,8,12,16H,7,13H2/t12-/m0/s1. The molecule has 3 N–H and O–H groups in total. The lowest BCUT2D eigenvalue weighted by atomic mass is 9.97. The topological polar surface area (TPSA) is 72.0 Å². The molecule has 0 radical (unpaired) electrons. The van der Waals surface area contributed by atoms with Crippen LogP contribution in [-0.4, -0.2) is 21.7 Å². The van der Waals surface area contributed by atoms with Gasteiger partial charge in [0.1, 0.15) is 6.33 Å². The van der Waals surface area contributed by atoms with Gasteiger partial charge < -0.3 is 10.8 Å². The fourth-order valence-corrected chi connectivity index (χ4v) is 1.62. The number of hydrogen-bond acceptors (Lipinski definition) is 4. The molecular formula is C12H13N3O. The number of nitrogens with zero attached hydrogens (tertiary/aromatic N) is 2. The molecule has 82 valence electrons. The molecule has 4 heteroatoms. The van der Waals surface area contributed by atoms with E-state index in [0.717, 1.165) is 16.7 Å². The van der Waals surface area contributed by atoms with Crippen LogP contribution in [0, 0.1) is 0 Å². The predicted molar refractivity (Wildman–Crippen MR) is 61.5 cm³/mol. The molecule has 16 heavy (non-hydrogen) atoms. The predicted octanol–water partition coefficient (Wildman–Crippen LogP) is 1.14. The molecule has 1 aromatic carbocycles. The van der Waals surface area contributed by atoms with Gasteiger partial charge >= 0.3 is 0 Å². The molecule has 1 aromatic heterocycles. The van der Waals surface area contributed by atoms with E-state index in [-0.39, 0.29) is 12.6 Å². The first-order valence-corrected chi connectivity index (χ1v) is 5.03. The highest BCUT2D eigenvalue weighted by atomic mass is 16.3. The maximum atomic E-state index is 9.10. The van der Waals surface area contributed by atoms with Crippen LogP contribution < -0.4 is 5.73 Å². The Labute approximate surface area is 93.8 Å². The summed E-state index contributed by atoms with van der Waals surface area (Å²) in [6.45, 7) is -0.0787. The summed E-state index contributed by atoms with van der Waals surface area (Å²) in [5.74, 6) is 0. The van der Waals surface area contributed by atoms with Crippen molar-refractivity contribution in [3.05, 3.63) is 48.5 Å². The highest BCUT2D eigenvalue weighted by Crippen LogP contribution is 2.25. The third kappa shape index (κ3) is 2.08. The molecule has 2 rings (SSSR count). The quantitative estimate of drug-likeness (QED) is 0.805. The van der Waals surface area contributed by atoms with Gasteiger partial charge in [0, 0.05) is 18.0 Å². The van der Waals surface area contributed by atoms with Crippen LogP contribution in [-0.2, 0) is 0 Å². The summed E-state index contributed by atoms with van der Waals surface area (Å²) < 4.78 is 0. The van der Waals surface area contributed by atoms with Crippen molar-refractivity contribution in [2.75, 3.05) is 6.61 Å². The maximum Gasteiger partial charge on any atom is 0.115 e. The molecule has 0 amide bonds. The fraction of sp³-hybridized carbons (Fsp3) is 0.167. The Hall–Kier alpha value is -1.78. The Morgan fingerprint density at radius 3 is 2.56 bits per heavy atom. The summed E-state index contributed by atoms with van der Waals surface area (Å²) in [7, 11) is 0. The Morgan fingerprint density at radius 1 is 1.19 bits per heavy atom. The summed E-state index contributed by atoms with van der Waals surface area (Å²) in [5, 5.41) is 9.10. The van der Waals surface area contributed by atoms with Gasteiger partial charge in [-0.1, -0.05) is 24.3 Å². The Morgan fingerprint density at radius 2 is 1.88 bits per heavy atom. The summed E-state index contributed by atoms with van der Waals surface area (Å²) >= 11 is 0. The van der Waals surface area contributed by atoms with Crippen molar-refractivity contribution in [3.63, 3.8) is 0 Å². The zero-order valence-corrected chi connectivity index (χ0v) is 8.74. The summed E-state index contributed by atoms with van der Waals surface area (Å²) in [5.41, 5.74) is 8.61. The van der Waals surface area contributed by atoms with E-state index in [2.05, 4.69) is 9.97 Å². The van der Waals surface area contributed by atoms with Gasteiger partial charge in [-0.3, -0.25) is 0 Å². The molecule has 0 spiro atoms. The van der Waals surface area contributed by atoms with Crippen LogP contribution in [0.4, 0.5) is 0 Å². The highest BCUT2D eigenvalue weighted by Gasteiger charge is 2.10. The lowest BCUT2D eigenvalue weighted by Gasteiger charge is -2.13. The smallest absolute Gasteiger partial charge is 0.115 e. The minimum atomic E-state index is -0.378. The Kier molecular flexibility index (Phi) is 3.24. The highest BCUT2D eigenvalue weighted by molar-refractivity contribution is 5.66. The number of benzene rings is 1. The average molecular weight is 215 g/mol. The third-order valence-electron chi connectivity index (χ3n) is 2.43. The lowest BCUT2D eigenvalue weighted by molar-refractivity contribution is 0.268. The third-order valence-corrected chi connectivity index (χ3v) is 2.43. The Bertz CT molecular complexity index is 459. The van der Waals surface area contributed by atoms with Gasteiger partial charge in [0.05, 0.1) is 12.6 Å². The van der Waals surface area contributed by atoms with Gasteiger partial charge in [-0.05, 0) is 11.1 Å². The van der Waals surface area contributed by atoms with E-state index in [4.69, 9.17) is 10.8 Å². The molecule has 2 aromatic rings. The van der Waals surface area contributed by atoms with Crippen LogP contribution in [0.5, 0.6) is 0 Å². The van der Waals surface area contributed by atoms with E-state index in [1.807, 2.05) is 24.3 Å². The first-order chi connectivity index (χ1) is 7.83. The zero-order chi connectivity index (χ0) is 11.4. The van der Waals surface area contributed by atoms with Crippen LogP contribution >= 0.6 is 0 Å². The first kappa shape index (κ1) is 10.7. The average Bonchev–Trinajstić information content (AvgIpc) is 2.39. The molecule has 0 aliphatic carbocycles. The van der Waals surface area contributed by atoms with E-state index in [1.54, 1.807) is 12.4 Å². The van der Waals surface area contributed by atoms with Crippen molar-refractivity contribution in [1.29, 1.82) is 0 Å². The molecule has 0 saturated carbocycles. The van der Waals surface area contributed by atoms with Crippen LogP contribution in [0.1, 0.15) is 11.6 Å². The van der Waals surface area contributed by atoms with E-state index in [1.165, 1.54) is 6.33 Å². The van der Waals surface area contributed by atoms with E-state index >= 15 is 0 Å². The number of nitrogens with two attached hydrogens (primary N) is 1. The molecule has 1 atom stereocenters. The SMILES string of the molecule is N[C@@H](CO)c1ccccc1-c1cncnc1. The number of hydrogen-bond donors (Lipinski definition) is 2. The largest absolute Gasteiger partial charge is 0.394 e. The molecule has 0 bridgehead atoms. The second kappa shape index (κ2) is 4.83. The van der Waals surface area contributed by atoms with Gasteiger partial charge in [0.15, 0.2) is 0 Å². The van der Waals surface area contributed by atoms with E-state index < -0.39 is 0 Å². The summed E-state index contributed by atoms with van der Waals surface area (Å²) in [6.07, 6.45) is 4.95. The summed E-state index contributed by atoms with van der Waals surface area (Å²) in [6, 6.07) is 7.30. The molecule has 0 aliphatic heterocycles. The monoisotopic (exact) mass is 215 g/mol. The Balaban J connectivity index is 2.49. The maximum absolute atomic E-state index is 9.10. The van der Waals surface area contributed by atoms with Gasteiger partial charge in [0.25, 0.3) is 0 Å². The van der Waals surface area contributed by atoms with Crippen molar-refractivity contribution < 1.29 is 5.11 Å². The minimum absolute atomic E-state index is 0.0787.